The summed E-state index contributed by atoms with van der Waals surface area (Å²) >= 11 is 5.97. The van der Waals surface area contributed by atoms with Gasteiger partial charge in [-0.25, -0.2) is 4.39 Å². The lowest BCUT2D eigenvalue weighted by molar-refractivity contribution is -0.119. The number of halogens is 2. The van der Waals surface area contributed by atoms with Gasteiger partial charge >= 0.3 is 0 Å². The highest BCUT2D eigenvalue weighted by Crippen LogP contribution is 2.26. The number of rotatable bonds is 5. The van der Waals surface area contributed by atoms with E-state index >= 15 is 0 Å². The van der Waals surface area contributed by atoms with Crippen molar-refractivity contribution in [3.63, 3.8) is 0 Å². The highest BCUT2D eigenvalue weighted by atomic mass is 35.5. The van der Waals surface area contributed by atoms with Crippen molar-refractivity contribution in [1.82, 2.24) is 10.1 Å². The third kappa shape index (κ3) is 3.47. The lowest BCUT2D eigenvalue weighted by Crippen LogP contribution is -2.15. The van der Waals surface area contributed by atoms with Crippen LogP contribution in [0.3, 0.4) is 0 Å². The summed E-state index contributed by atoms with van der Waals surface area (Å²) in [6.07, 6.45) is 0.123. The van der Waals surface area contributed by atoms with Crippen molar-refractivity contribution in [1.29, 1.82) is 0 Å². The molecule has 0 saturated carbocycles. The van der Waals surface area contributed by atoms with Crippen LogP contribution >= 0.6 is 11.6 Å². The van der Waals surface area contributed by atoms with Gasteiger partial charge in [0, 0.05) is 17.0 Å². The van der Waals surface area contributed by atoms with E-state index in [0.717, 1.165) is 0 Å². The lowest BCUT2D eigenvalue weighted by Gasteiger charge is -2.12. The summed E-state index contributed by atoms with van der Waals surface area (Å²) in [6.45, 7) is 5.30. The predicted octanol–water partition coefficient (Wildman–Crippen LogP) is 3.78. The molecule has 1 heterocycles. The van der Waals surface area contributed by atoms with Crippen molar-refractivity contribution >= 4 is 17.4 Å². The molecule has 112 valence electrons. The molecular formula is C15H16ClFN2O2. The molecule has 2 rings (SSSR count). The fraction of sp³-hybridized carbons (Fsp3) is 0.400. The number of ketones is 1. The van der Waals surface area contributed by atoms with E-state index in [1.807, 2.05) is 13.8 Å². The Morgan fingerprint density at radius 3 is 2.71 bits per heavy atom. The minimum Gasteiger partial charge on any atom is -0.339 e. The van der Waals surface area contributed by atoms with E-state index in [-0.39, 0.29) is 24.0 Å². The molecule has 6 heteroatoms. The molecule has 1 aromatic heterocycles. The third-order valence-corrected chi connectivity index (χ3v) is 3.61. The zero-order chi connectivity index (χ0) is 15.6. The fourth-order valence-corrected chi connectivity index (χ4v) is 2.48. The van der Waals surface area contributed by atoms with Crippen molar-refractivity contribution in [3.8, 4) is 0 Å². The topological polar surface area (TPSA) is 56.0 Å². The van der Waals surface area contributed by atoms with Gasteiger partial charge in [0.15, 0.2) is 5.82 Å². The molecule has 0 aliphatic heterocycles. The Hall–Kier alpha value is -1.75. The van der Waals surface area contributed by atoms with Gasteiger partial charge < -0.3 is 4.52 Å². The van der Waals surface area contributed by atoms with Gasteiger partial charge in [-0.15, -0.1) is 0 Å². The van der Waals surface area contributed by atoms with Crippen LogP contribution in [0.4, 0.5) is 4.39 Å². The maximum absolute atomic E-state index is 13.7. The smallest absolute Gasteiger partial charge is 0.237 e. The lowest BCUT2D eigenvalue weighted by atomic mass is 9.92. The van der Waals surface area contributed by atoms with Gasteiger partial charge in [0.05, 0.1) is 5.92 Å². The summed E-state index contributed by atoms with van der Waals surface area (Å²) in [5, 5.41) is 4.13. The monoisotopic (exact) mass is 310 g/mol. The summed E-state index contributed by atoms with van der Waals surface area (Å²) in [5.74, 6) is -0.274. The van der Waals surface area contributed by atoms with Gasteiger partial charge in [0.2, 0.25) is 5.89 Å². The first kappa shape index (κ1) is 15.6. The van der Waals surface area contributed by atoms with E-state index in [0.29, 0.717) is 16.4 Å². The standard InChI is InChI=1S/C15H16ClFN2O2/c1-8(2)14(9(3)20)15-18-13(19-21-15)7-10-11(16)5-4-6-12(10)17/h4-6,8,14H,7H2,1-3H3. The molecule has 0 N–H and O–H groups in total. The van der Waals surface area contributed by atoms with Crippen LogP contribution < -0.4 is 0 Å². The summed E-state index contributed by atoms with van der Waals surface area (Å²) in [7, 11) is 0. The van der Waals surface area contributed by atoms with Crippen LogP contribution in [0.2, 0.25) is 5.02 Å². The van der Waals surface area contributed by atoms with Crippen molar-refractivity contribution in [3.05, 3.63) is 46.3 Å². The average molecular weight is 311 g/mol. The number of hydrogen-bond donors (Lipinski definition) is 0. The molecule has 0 saturated heterocycles. The first-order chi connectivity index (χ1) is 9.90. The number of carbonyl (C=O) groups excluding carboxylic acids is 1. The van der Waals surface area contributed by atoms with Crippen molar-refractivity contribution in [2.45, 2.75) is 33.1 Å². The Kier molecular flexibility index (Phi) is 4.73. The minimum atomic E-state index is -0.442. The van der Waals surface area contributed by atoms with Crippen LogP contribution in [-0.2, 0) is 11.2 Å². The molecule has 0 spiro atoms. The molecule has 1 unspecified atom stereocenters. The predicted molar refractivity (Wildman–Crippen MR) is 76.8 cm³/mol. The molecule has 0 fully saturated rings. The van der Waals surface area contributed by atoms with E-state index < -0.39 is 11.7 Å². The summed E-state index contributed by atoms with van der Waals surface area (Å²) in [4.78, 5) is 15.9. The van der Waals surface area contributed by atoms with E-state index in [1.54, 1.807) is 6.07 Å². The van der Waals surface area contributed by atoms with Gasteiger partial charge in [-0.3, -0.25) is 4.79 Å². The van der Waals surface area contributed by atoms with Crippen LogP contribution in [0.25, 0.3) is 0 Å². The maximum atomic E-state index is 13.7. The van der Waals surface area contributed by atoms with E-state index in [1.165, 1.54) is 19.1 Å². The Balaban J connectivity index is 2.26. The SMILES string of the molecule is CC(=O)C(c1nc(Cc2c(F)cccc2Cl)no1)C(C)C. The number of aromatic nitrogens is 2. The van der Waals surface area contributed by atoms with Gasteiger partial charge in [0.1, 0.15) is 11.6 Å². The molecule has 1 aromatic carbocycles. The van der Waals surface area contributed by atoms with Crippen LogP contribution in [0.5, 0.6) is 0 Å². The first-order valence-corrected chi connectivity index (χ1v) is 7.03. The van der Waals surface area contributed by atoms with Gasteiger partial charge in [-0.05, 0) is 25.0 Å². The third-order valence-electron chi connectivity index (χ3n) is 3.25. The summed E-state index contributed by atoms with van der Waals surface area (Å²) < 4.78 is 18.9. The quantitative estimate of drug-likeness (QED) is 0.843. The van der Waals surface area contributed by atoms with Gasteiger partial charge in [-0.1, -0.05) is 36.7 Å². The molecule has 0 bridgehead atoms. The largest absolute Gasteiger partial charge is 0.339 e. The average Bonchev–Trinajstić information content (AvgIpc) is 2.81. The van der Waals surface area contributed by atoms with Crippen LogP contribution in [0.15, 0.2) is 22.7 Å². The number of nitrogens with zero attached hydrogens (tertiary/aromatic N) is 2. The second-order valence-electron chi connectivity index (χ2n) is 5.26. The highest BCUT2D eigenvalue weighted by Gasteiger charge is 2.27. The number of benzene rings is 1. The molecule has 4 nitrogen and oxygen atoms in total. The molecular weight excluding hydrogens is 295 g/mol. The molecule has 21 heavy (non-hydrogen) atoms. The summed E-state index contributed by atoms with van der Waals surface area (Å²) in [5.41, 5.74) is 0.315. The van der Waals surface area contributed by atoms with Crippen LogP contribution in [0, 0.1) is 11.7 Å². The van der Waals surface area contributed by atoms with Crippen LogP contribution in [-0.4, -0.2) is 15.9 Å². The number of Topliss-reactive ketones (excluding diaryl/α,β-unsaturated/α-hetero) is 1. The molecule has 0 aliphatic carbocycles. The van der Waals surface area contributed by atoms with Crippen molar-refractivity contribution in [2.75, 3.05) is 0 Å². The Labute approximate surface area is 127 Å². The zero-order valence-corrected chi connectivity index (χ0v) is 12.8. The maximum Gasteiger partial charge on any atom is 0.237 e. The number of carbonyl (C=O) groups is 1. The molecule has 0 radical (unpaired) electrons. The van der Waals surface area contributed by atoms with E-state index in [9.17, 15) is 9.18 Å². The molecule has 0 aliphatic rings. The van der Waals surface area contributed by atoms with Gasteiger partial charge in [-0.2, -0.15) is 4.98 Å². The number of hydrogen-bond acceptors (Lipinski definition) is 4. The molecule has 0 amide bonds. The normalized spacial score (nSPS) is 12.7. The fourth-order valence-electron chi connectivity index (χ4n) is 2.25. The zero-order valence-electron chi connectivity index (χ0n) is 12.1. The van der Waals surface area contributed by atoms with Gasteiger partial charge in [0.25, 0.3) is 0 Å². The molecule has 1 atom stereocenters. The summed E-state index contributed by atoms with van der Waals surface area (Å²) in [6, 6.07) is 4.47. The van der Waals surface area contributed by atoms with Crippen molar-refractivity contribution < 1.29 is 13.7 Å². The van der Waals surface area contributed by atoms with E-state index in [4.69, 9.17) is 16.1 Å². The second kappa shape index (κ2) is 6.35. The Bertz CT molecular complexity index is 635. The molecule has 2 aromatic rings. The van der Waals surface area contributed by atoms with E-state index in [2.05, 4.69) is 10.1 Å². The first-order valence-electron chi connectivity index (χ1n) is 6.66. The van der Waals surface area contributed by atoms with Crippen LogP contribution in [0.1, 0.15) is 44.0 Å². The minimum absolute atomic E-state index is 0.0378. The second-order valence-corrected chi connectivity index (χ2v) is 5.67. The highest BCUT2D eigenvalue weighted by molar-refractivity contribution is 6.31. The Morgan fingerprint density at radius 1 is 1.43 bits per heavy atom. The van der Waals surface area contributed by atoms with Crippen molar-refractivity contribution in [2.24, 2.45) is 5.92 Å². The Morgan fingerprint density at radius 2 is 2.14 bits per heavy atom.